The van der Waals surface area contributed by atoms with Crippen LogP contribution in [0.3, 0.4) is 0 Å². The smallest absolute Gasteiger partial charge is 0.326 e. The second-order valence-electron chi connectivity index (χ2n) is 3.79. The maximum Gasteiger partial charge on any atom is 0.326 e. The second-order valence-corrected chi connectivity index (χ2v) is 4.78. The largest absolute Gasteiger partial charge is 0.480 e. The molecule has 1 unspecified atom stereocenters. The highest BCUT2D eigenvalue weighted by Gasteiger charge is 2.19. The zero-order valence-electron chi connectivity index (χ0n) is 11.1. The van der Waals surface area contributed by atoms with Gasteiger partial charge in [0.15, 0.2) is 0 Å². The molecule has 2 atom stereocenters. The summed E-state index contributed by atoms with van der Waals surface area (Å²) in [5.74, 6) is -0.330. The van der Waals surface area contributed by atoms with Gasteiger partial charge in [0.25, 0.3) is 0 Å². The maximum absolute atomic E-state index is 11.5. The van der Waals surface area contributed by atoms with Crippen LogP contribution < -0.4 is 10.6 Å². The Bertz CT molecular complexity index is 263. The van der Waals surface area contributed by atoms with E-state index < -0.39 is 18.0 Å². The monoisotopic (exact) mass is 278 g/mol. The Morgan fingerprint density at radius 2 is 2.11 bits per heavy atom. The lowest BCUT2D eigenvalue weighted by Gasteiger charge is -2.16. The topological polar surface area (TPSA) is 87.7 Å². The molecule has 18 heavy (non-hydrogen) atoms. The molecule has 7 heteroatoms. The first-order valence-electron chi connectivity index (χ1n) is 5.89. The van der Waals surface area contributed by atoms with Crippen molar-refractivity contribution in [2.45, 2.75) is 32.4 Å². The summed E-state index contributed by atoms with van der Waals surface area (Å²) in [6, 6.07) is -1.32. The molecule has 0 spiro atoms. The number of carboxylic acids is 1. The minimum Gasteiger partial charge on any atom is -0.480 e. The molecule has 0 radical (unpaired) electrons. The van der Waals surface area contributed by atoms with Crippen molar-refractivity contribution in [2.75, 3.05) is 25.2 Å². The lowest BCUT2D eigenvalue weighted by molar-refractivity contribution is -0.139. The molecule has 0 aliphatic rings. The Morgan fingerprint density at radius 1 is 1.44 bits per heavy atom. The number of thioether (sulfide) groups is 1. The van der Waals surface area contributed by atoms with Gasteiger partial charge in [0.05, 0.1) is 6.10 Å². The highest BCUT2D eigenvalue weighted by molar-refractivity contribution is 7.98. The number of aliphatic carboxylic acids is 1. The van der Waals surface area contributed by atoms with Crippen molar-refractivity contribution in [1.29, 1.82) is 0 Å². The molecule has 0 fully saturated rings. The average molecular weight is 278 g/mol. The summed E-state index contributed by atoms with van der Waals surface area (Å²) in [6.45, 7) is 4.65. The lowest BCUT2D eigenvalue weighted by Crippen LogP contribution is -2.47. The van der Waals surface area contributed by atoms with Crippen molar-refractivity contribution >= 4 is 23.8 Å². The molecule has 106 valence electrons. The van der Waals surface area contributed by atoms with Gasteiger partial charge in [-0.1, -0.05) is 0 Å². The van der Waals surface area contributed by atoms with Gasteiger partial charge < -0.3 is 20.5 Å². The van der Waals surface area contributed by atoms with Gasteiger partial charge in [0.1, 0.15) is 6.04 Å². The number of carboxylic acid groups (broad SMARTS) is 1. The van der Waals surface area contributed by atoms with Crippen LogP contribution in [0.1, 0.15) is 20.3 Å². The van der Waals surface area contributed by atoms with Gasteiger partial charge in [-0.05, 0) is 32.3 Å². The third kappa shape index (κ3) is 8.19. The van der Waals surface area contributed by atoms with E-state index in [0.717, 1.165) is 0 Å². The van der Waals surface area contributed by atoms with Crippen molar-refractivity contribution in [1.82, 2.24) is 10.6 Å². The second kappa shape index (κ2) is 10.0. The molecule has 0 aliphatic carbocycles. The number of nitrogens with one attached hydrogen (secondary N) is 2. The summed E-state index contributed by atoms with van der Waals surface area (Å²) in [7, 11) is 0. The maximum atomic E-state index is 11.5. The number of hydrogen-bond acceptors (Lipinski definition) is 4. The molecular weight excluding hydrogens is 256 g/mol. The van der Waals surface area contributed by atoms with E-state index in [9.17, 15) is 9.59 Å². The summed E-state index contributed by atoms with van der Waals surface area (Å²) >= 11 is 1.54. The average Bonchev–Trinajstić information content (AvgIpc) is 2.32. The first kappa shape index (κ1) is 17.1. The van der Waals surface area contributed by atoms with Crippen LogP contribution >= 0.6 is 11.8 Å². The van der Waals surface area contributed by atoms with Crippen LogP contribution in [-0.2, 0) is 9.53 Å². The number of amides is 2. The zero-order valence-corrected chi connectivity index (χ0v) is 11.9. The minimum atomic E-state index is -1.02. The van der Waals surface area contributed by atoms with Crippen molar-refractivity contribution in [2.24, 2.45) is 0 Å². The quantitative estimate of drug-likeness (QED) is 0.583. The van der Waals surface area contributed by atoms with Crippen LogP contribution in [0.5, 0.6) is 0 Å². The first-order chi connectivity index (χ1) is 8.51. The Labute approximate surface area is 112 Å². The van der Waals surface area contributed by atoms with E-state index in [0.29, 0.717) is 25.3 Å². The van der Waals surface area contributed by atoms with Crippen molar-refractivity contribution < 1.29 is 19.4 Å². The molecule has 3 N–H and O–H groups in total. The molecule has 0 rings (SSSR count). The van der Waals surface area contributed by atoms with Crippen molar-refractivity contribution in [3.63, 3.8) is 0 Å². The van der Waals surface area contributed by atoms with Gasteiger partial charge in [-0.2, -0.15) is 11.8 Å². The van der Waals surface area contributed by atoms with Gasteiger partial charge in [-0.15, -0.1) is 0 Å². The van der Waals surface area contributed by atoms with Crippen LogP contribution in [0.4, 0.5) is 4.79 Å². The van der Waals surface area contributed by atoms with Crippen molar-refractivity contribution in [3.8, 4) is 0 Å². The minimum absolute atomic E-state index is 0.0878. The Hall–Kier alpha value is -0.950. The van der Waals surface area contributed by atoms with Crippen LogP contribution in [0.25, 0.3) is 0 Å². The Balaban J connectivity index is 3.98. The molecule has 6 nitrogen and oxygen atoms in total. The predicted octanol–water partition coefficient (Wildman–Crippen LogP) is 0.917. The normalized spacial score (nSPS) is 13.7. The van der Waals surface area contributed by atoms with Gasteiger partial charge in [-0.25, -0.2) is 9.59 Å². The zero-order chi connectivity index (χ0) is 14.0. The van der Waals surface area contributed by atoms with E-state index in [1.807, 2.05) is 20.1 Å². The number of carbonyl (C=O) groups excluding carboxylic acids is 1. The van der Waals surface area contributed by atoms with Crippen LogP contribution in [0.2, 0.25) is 0 Å². The summed E-state index contributed by atoms with van der Waals surface area (Å²) < 4.78 is 5.25. The van der Waals surface area contributed by atoms with E-state index in [1.165, 1.54) is 0 Å². The standard InChI is InChI=1S/C11H22N2O4S/c1-4-17-8(2)7-12-11(16)13-9(10(14)15)5-6-18-3/h8-9H,4-7H2,1-3H3,(H,14,15)(H2,12,13,16)/t8?,9-/m1/s1. The fourth-order valence-electron chi connectivity index (χ4n) is 1.28. The van der Waals surface area contributed by atoms with Gasteiger partial charge in [0.2, 0.25) is 0 Å². The fourth-order valence-corrected chi connectivity index (χ4v) is 1.75. The molecule has 0 heterocycles. The van der Waals surface area contributed by atoms with Gasteiger partial charge >= 0.3 is 12.0 Å². The first-order valence-corrected chi connectivity index (χ1v) is 7.28. The van der Waals surface area contributed by atoms with E-state index >= 15 is 0 Å². The van der Waals surface area contributed by atoms with Crippen molar-refractivity contribution in [3.05, 3.63) is 0 Å². The predicted molar refractivity (Wildman–Crippen MR) is 72.0 cm³/mol. The summed E-state index contributed by atoms with van der Waals surface area (Å²) in [5.41, 5.74) is 0. The third-order valence-corrected chi connectivity index (χ3v) is 2.86. The van der Waals surface area contributed by atoms with Gasteiger partial charge in [-0.3, -0.25) is 0 Å². The molecule has 2 amide bonds. The Morgan fingerprint density at radius 3 is 2.61 bits per heavy atom. The highest BCUT2D eigenvalue weighted by Crippen LogP contribution is 2.00. The van der Waals surface area contributed by atoms with Crippen LogP contribution in [0.15, 0.2) is 0 Å². The Kier molecular flexibility index (Phi) is 9.49. The summed E-state index contributed by atoms with van der Waals surface area (Å²) in [6.07, 6.45) is 2.21. The number of rotatable bonds is 9. The van der Waals surface area contributed by atoms with E-state index in [2.05, 4.69) is 10.6 Å². The van der Waals surface area contributed by atoms with Crippen LogP contribution in [-0.4, -0.2) is 54.4 Å². The molecule has 0 saturated carbocycles. The fraction of sp³-hybridized carbons (Fsp3) is 0.818. The summed E-state index contributed by atoms with van der Waals surface area (Å²) in [5, 5.41) is 13.9. The van der Waals surface area contributed by atoms with Gasteiger partial charge in [0, 0.05) is 13.2 Å². The molecule has 0 saturated heterocycles. The van der Waals surface area contributed by atoms with E-state index in [4.69, 9.17) is 9.84 Å². The molecule has 0 aromatic rings. The van der Waals surface area contributed by atoms with E-state index in [1.54, 1.807) is 11.8 Å². The van der Waals surface area contributed by atoms with E-state index in [-0.39, 0.29) is 6.10 Å². The highest BCUT2D eigenvalue weighted by atomic mass is 32.2. The third-order valence-electron chi connectivity index (χ3n) is 2.22. The molecular formula is C11H22N2O4S. The summed E-state index contributed by atoms with van der Waals surface area (Å²) in [4.78, 5) is 22.4. The SMILES string of the molecule is CCOC(C)CNC(=O)N[C@H](CCSC)C(=O)O. The van der Waals surface area contributed by atoms with Crippen LogP contribution in [0, 0.1) is 0 Å². The number of hydrogen-bond donors (Lipinski definition) is 3. The lowest BCUT2D eigenvalue weighted by atomic mass is 10.2. The molecule has 0 aromatic carbocycles. The number of urea groups is 1. The molecule has 0 aromatic heterocycles. The molecule has 0 bridgehead atoms. The number of ether oxygens (including phenoxy) is 1. The number of carbonyl (C=O) groups is 2. The molecule has 0 aliphatic heterocycles.